The van der Waals surface area contributed by atoms with Gasteiger partial charge in [-0.2, -0.15) is 0 Å². The number of allylic oxidation sites excluding steroid dienone is 15. The fourth-order valence-electron chi connectivity index (χ4n) is 10.8. The minimum Gasteiger partial charge on any atom is -0.454 e. The number of ether oxygens (including phenoxy) is 3. The molecule has 11 heteroatoms. The van der Waals surface area contributed by atoms with Crippen LogP contribution in [0.5, 0.6) is 0 Å². The van der Waals surface area contributed by atoms with Crippen molar-refractivity contribution in [1.82, 2.24) is 5.32 Å². The molecule has 1 aliphatic rings. The Kier molecular flexibility index (Phi) is 58.9. The van der Waals surface area contributed by atoms with Crippen molar-refractivity contribution in [2.45, 2.75) is 359 Å². The first-order valence-electron chi connectivity index (χ1n) is 36.0. The summed E-state index contributed by atoms with van der Waals surface area (Å²) < 4.78 is 17.7. The van der Waals surface area contributed by atoms with Crippen LogP contribution in [0.15, 0.2) is 97.2 Å². The van der Waals surface area contributed by atoms with Crippen molar-refractivity contribution in [3.05, 3.63) is 97.2 Å². The number of nitrogens with one attached hydrogen (secondary N) is 1. The molecular formula is C76H133NO10. The lowest BCUT2D eigenvalue weighted by Gasteiger charge is -2.41. The first-order valence-corrected chi connectivity index (χ1v) is 36.0. The van der Waals surface area contributed by atoms with Crippen molar-refractivity contribution < 1.29 is 49.3 Å². The lowest BCUT2D eigenvalue weighted by molar-refractivity contribution is -0.305. The summed E-state index contributed by atoms with van der Waals surface area (Å²) in [7, 11) is 0. The van der Waals surface area contributed by atoms with Crippen molar-refractivity contribution in [3.63, 3.8) is 0 Å². The van der Waals surface area contributed by atoms with Crippen LogP contribution < -0.4 is 5.32 Å². The van der Waals surface area contributed by atoms with Crippen LogP contribution >= 0.6 is 0 Å². The maximum Gasteiger partial charge on any atom is 0.306 e. The molecule has 0 aliphatic carbocycles. The van der Waals surface area contributed by atoms with E-state index in [-0.39, 0.29) is 19.4 Å². The van der Waals surface area contributed by atoms with E-state index in [4.69, 9.17) is 14.2 Å². The molecule has 1 heterocycles. The number of carbonyl (C=O) groups excluding carboxylic acids is 2. The minimum atomic E-state index is -1.62. The highest BCUT2D eigenvalue weighted by Gasteiger charge is 2.47. The lowest BCUT2D eigenvalue weighted by Crippen LogP contribution is -2.61. The molecule has 0 aromatic rings. The van der Waals surface area contributed by atoms with Crippen LogP contribution in [-0.4, -0.2) is 99.6 Å². The van der Waals surface area contributed by atoms with Gasteiger partial charge in [-0.15, -0.1) is 0 Å². The number of esters is 1. The van der Waals surface area contributed by atoms with Gasteiger partial charge in [-0.05, 0) is 103 Å². The number of rotatable bonds is 61. The summed E-state index contributed by atoms with van der Waals surface area (Å²) in [6, 6.07) is -1.04. The van der Waals surface area contributed by atoms with E-state index < -0.39 is 67.4 Å². The summed E-state index contributed by atoms with van der Waals surface area (Å²) in [6.45, 7) is 5.69. The highest BCUT2D eigenvalue weighted by Crippen LogP contribution is 2.26. The maximum atomic E-state index is 13.5. The molecule has 0 bridgehead atoms. The number of aliphatic hydroxyl groups is 5. The summed E-state index contributed by atoms with van der Waals surface area (Å²) in [5.41, 5.74) is 0. The van der Waals surface area contributed by atoms with Crippen LogP contribution in [0, 0.1) is 0 Å². The van der Waals surface area contributed by atoms with E-state index in [1.807, 2.05) is 6.08 Å². The topological polar surface area (TPSA) is 175 Å². The molecule has 502 valence electrons. The Morgan fingerprint density at radius 2 is 0.828 bits per heavy atom. The zero-order valence-electron chi connectivity index (χ0n) is 55.9. The SMILES string of the molecule is CC/C=C\C/C=C\C/C=C\C/C=C\C/C=C\C/C=C\CCCCCCCC(O)C(=O)NC(COC1OC(CO)C(O)C(O)C1OC(=O)CCCCCCCCCCCCC/C=C/CCCCCCCC)C(O)/C=C/CCCCCCCCCCCCC. The van der Waals surface area contributed by atoms with Gasteiger partial charge in [-0.1, -0.05) is 298 Å². The second kappa shape index (κ2) is 62.8. The van der Waals surface area contributed by atoms with Crippen molar-refractivity contribution in [1.29, 1.82) is 0 Å². The third kappa shape index (κ3) is 50.0. The first-order chi connectivity index (χ1) is 42.7. The summed E-state index contributed by atoms with van der Waals surface area (Å²) in [6.07, 6.45) is 74.4. The zero-order chi connectivity index (χ0) is 63.1. The lowest BCUT2D eigenvalue weighted by atomic mass is 9.99. The third-order valence-electron chi connectivity index (χ3n) is 16.5. The van der Waals surface area contributed by atoms with Crippen LogP contribution in [0.2, 0.25) is 0 Å². The van der Waals surface area contributed by atoms with Gasteiger partial charge in [-0.3, -0.25) is 9.59 Å². The molecule has 87 heavy (non-hydrogen) atoms. The average Bonchev–Trinajstić information content (AvgIpc) is 1.53. The van der Waals surface area contributed by atoms with Crippen molar-refractivity contribution in [3.8, 4) is 0 Å². The first kappa shape index (κ1) is 81.6. The minimum absolute atomic E-state index is 0.118. The van der Waals surface area contributed by atoms with Gasteiger partial charge in [0.2, 0.25) is 5.91 Å². The second-order valence-corrected chi connectivity index (χ2v) is 24.6. The monoisotopic (exact) mass is 1220 g/mol. The Morgan fingerprint density at radius 3 is 1.25 bits per heavy atom. The Bertz CT molecular complexity index is 1790. The van der Waals surface area contributed by atoms with Crippen molar-refractivity contribution in [2.75, 3.05) is 13.2 Å². The number of hydrogen-bond donors (Lipinski definition) is 6. The number of aliphatic hydroxyl groups excluding tert-OH is 5. The van der Waals surface area contributed by atoms with Gasteiger partial charge in [0.25, 0.3) is 0 Å². The molecule has 1 fully saturated rings. The van der Waals surface area contributed by atoms with Crippen LogP contribution in [0.3, 0.4) is 0 Å². The zero-order valence-corrected chi connectivity index (χ0v) is 55.9. The second-order valence-electron chi connectivity index (χ2n) is 24.6. The van der Waals surface area contributed by atoms with E-state index in [0.29, 0.717) is 12.8 Å². The molecule has 1 aliphatic heterocycles. The summed E-state index contributed by atoms with van der Waals surface area (Å²) >= 11 is 0. The average molecular weight is 1220 g/mol. The summed E-state index contributed by atoms with van der Waals surface area (Å²) in [5, 5.41) is 57.3. The summed E-state index contributed by atoms with van der Waals surface area (Å²) in [5.74, 6) is -1.21. The van der Waals surface area contributed by atoms with Gasteiger partial charge in [-0.25, -0.2) is 0 Å². The Hall–Kier alpha value is -3.42. The molecule has 0 radical (unpaired) electrons. The molecule has 0 spiro atoms. The predicted molar refractivity (Wildman–Crippen MR) is 365 cm³/mol. The number of carbonyl (C=O) groups is 2. The Balaban J connectivity index is 2.61. The van der Waals surface area contributed by atoms with E-state index in [9.17, 15) is 35.1 Å². The van der Waals surface area contributed by atoms with Gasteiger partial charge in [0.1, 0.15) is 24.4 Å². The fourth-order valence-corrected chi connectivity index (χ4v) is 10.8. The molecule has 8 unspecified atom stereocenters. The molecule has 1 amide bonds. The fraction of sp³-hybridized carbons (Fsp3) is 0.763. The highest BCUT2D eigenvalue weighted by molar-refractivity contribution is 5.80. The highest BCUT2D eigenvalue weighted by atomic mass is 16.7. The van der Waals surface area contributed by atoms with Crippen molar-refractivity contribution >= 4 is 11.9 Å². The van der Waals surface area contributed by atoms with Gasteiger partial charge in [0, 0.05) is 6.42 Å². The van der Waals surface area contributed by atoms with E-state index in [1.54, 1.807) is 6.08 Å². The largest absolute Gasteiger partial charge is 0.454 e. The Labute approximate surface area is 533 Å². The van der Waals surface area contributed by atoms with E-state index in [1.165, 1.54) is 154 Å². The quantitative estimate of drug-likeness (QED) is 0.0195. The van der Waals surface area contributed by atoms with Gasteiger partial charge in [0.05, 0.1) is 25.4 Å². The third-order valence-corrected chi connectivity index (χ3v) is 16.5. The van der Waals surface area contributed by atoms with E-state index in [0.717, 1.165) is 109 Å². The van der Waals surface area contributed by atoms with Gasteiger partial charge < -0.3 is 45.1 Å². The molecule has 1 saturated heterocycles. The van der Waals surface area contributed by atoms with Gasteiger partial charge in [0.15, 0.2) is 12.4 Å². The smallest absolute Gasteiger partial charge is 0.306 e. The van der Waals surface area contributed by atoms with Crippen LogP contribution in [0.4, 0.5) is 0 Å². The molecule has 0 aromatic heterocycles. The van der Waals surface area contributed by atoms with Crippen LogP contribution in [-0.2, 0) is 23.8 Å². The van der Waals surface area contributed by atoms with Crippen molar-refractivity contribution in [2.24, 2.45) is 0 Å². The standard InChI is InChI=1S/C76H133NO10/c1-4-7-10-13-16-19-22-25-27-29-31-33-34-35-37-38-40-42-45-48-51-54-57-60-63-69(80)75(84)77-67(68(79)62-59-56-53-50-47-44-24-21-18-15-12-9-6-3)66-85-76-74(73(83)72(82)70(65-78)86-76)87-71(81)64-61-58-55-52-49-46-43-41-39-36-32-30-28-26-23-20-17-14-11-8-5-2/h7,10,16,19,25-28,31,33,35,37,40,42,59,62,67-70,72-74,76,78-80,82-83H,4-6,8-9,11-15,17-18,20-24,29-30,32,34,36,38-39,41,43-58,60-61,63-66H2,1-3H3,(H,77,84)/b10-7-,19-16-,27-25-,28-26+,33-31-,37-35-,42-40-,62-59+. The Morgan fingerprint density at radius 1 is 0.460 bits per heavy atom. The molecule has 11 nitrogen and oxygen atoms in total. The van der Waals surface area contributed by atoms with Gasteiger partial charge >= 0.3 is 5.97 Å². The molecule has 0 saturated carbocycles. The van der Waals surface area contributed by atoms with E-state index >= 15 is 0 Å². The number of hydrogen-bond acceptors (Lipinski definition) is 10. The summed E-state index contributed by atoms with van der Waals surface area (Å²) in [4.78, 5) is 26.7. The van der Waals surface area contributed by atoms with Crippen LogP contribution in [0.25, 0.3) is 0 Å². The van der Waals surface area contributed by atoms with Crippen LogP contribution in [0.1, 0.15) is 310 Å². The predicted octanol–water partition coefficient (Wildman–Crippen LogP) is 18.6. The molecule has 1 rings (SSSR count). The molecule has 0 aromatic carbocycles. The normalized spacial score (nSPS) is 18.8. The molecular weight excluding hydrogens is 1090 g/mol. The molecule has 6 N–H and O–H groups in total. The number of amides is 1. The number of unbranched alkanes of at least 4 members (excludes halogenated alkanes) is 33. The maximum absolute atomic E-state index is 13.5. The molecule has 8 atom stereocenters. The van der Waals surface area contributed by atoms with E-state index in [2.05, 4.69) is 111 Å².